The summed E-state index contributed by atoms with van der Waals surface area (Å²) in [6.07, 6.45) is 0.969. The SMILES string of the molecule is CCSCCNCCc1ccc(F)cc1. The molecule has 1 nitrogen and oxygen atoms in total. The van der Waals surface area contributed by atoms with Crippen LogP contribution >= 0.6 is 11.8 Å². The minimum atomic E-state index is -0.161. The van der Waals surface area contributed by atoms with Crippen LogP contribution in [0.2, 0.25) is 0 Å². The van der Waals surface area contributed by atoms with Gasteiger partial charge in [0.05, 0.1) is 0 Å². The van der Waals surface area contributed by atoms with Crippen LogP contribution in [0.3, 0.4) is 0 Å². The zero-order valence-corrected chi connectivity index (χ0v) is 9.95. The Hall–Kier alpha value is -0.540. The maximum absolute atomic E-state index is 12.6. The van der Waals surface area contributed by atoms with Gasteiger partial charge < -0.3 is 5.32 Å². The van der Waals surface area contributed by atoms with Gasteiger partial charge in [0.15, 0.2) is 0 Å². The lowest BCUT2D eigenvalue weighted by molar-refractivity contribution is 0.626. The van der Waals surface area contributed by atoms with Gasteiger partial charge in [-0.25, -0.2) is 4.39 Å². The molecule has 0 atom stereocenters. The van der Waals surface area contributed by atoms with E-state index in [4.69, 9.17) is 0 Å². The molecule has 0 heterocycles. The van der Waals surface area contributed by atoms with Gasteiger partial charge >= 0.3 is 0 Å². The van der Waals surface area contributed by atoms with Gasteiger partial charge in [0.2, 0.25) is 0 Å². The second kappa shape index (κ2) is 7.71. The molecule has 0 aliphatic heterocycles. The molecular weight excluding hydrogens is 209 g/mol. The highest BCUT2D eigenvalue weighted by molar-refractivity contribution is 7.99. The predicted molar refractivity (Wildman–Crippen MR) is 66.0 cm³/mol. The minimum Gasteiger partial charge on any atom is -0.316 e. The first kappa shape index (κ1) is 12.5. The number of thioether (sulfide) groups is 1. The minimum absolute atomic E-state index is 0.161. The molecule has 0 bridgehead atoms. The van der Waals surface area contributed by atoms with Gasteiger partial charge in [-0.3, -0.25) is 0 Å². The Morgan fingerprint density at radius 3 is 2.60 bits per heavy atom. The molecule has 1 rings (SSSR count). The first-order valence-electron chi connectivity index (χ1n) is 5.36. The van der Waals surface area contributed by atoms with Crippen molar-refractivity contribution < 1.29 is 4.39 Å². The lowest BCUT2D eigenvalue weighted by Gasteiger charge is -2.04. The van der Waals surface area contributed by atoms with Crippen LogP contribution in [-0.4, -0.2) is 24.6 Å². The van der Waals surface area contributed by atoms with Crippen LogP contribution in [0.15, 0.2) is 24.3 Å². The monoisotopic (exact) mass is 227 g/mol. The van der Waals surface area contributed by atoms with E-state index in [1.54, 1.807) is 0 Å². The van der Waals surface area contributed by atoms with Gasteiger partial charge in [-0.15, -0.1) is 0 Å². The standard InChI is InChI=1S/C12H18FNS/c1-2-15-10-9-14-8-7-11-3-5-12(13)6-4-11/h3-6,14H,2,7-10H2,1H3. The second-order valence-electron chi connectivity index (χ2n) is 3.32. The Kier molecular flexibility index (Phi) is 6.44. The van der Waals surface area contributed by atoms with Crippen LogP contribution in [-0.2, 0) is 6.42 Å². The molecule has 1 aromatic rings. The first-order valence-corrected chi connectivity index (χ1v) is 6.51. The quantitative estimate of drug-likeness (QED) is 0.719. The summed E-state index contributed by atoms with van der Waals surface area (Å²) in [5, 5.41) is 3.37. The summed E-state index contributed by atoms with van der Waals surface area (Å²) in [7, 11) is 0. The van der Waals surface area contributed by atoms with E-state index < -0.39 is 0 Å². The van der Waals surface area contributed by atoms with Crippen molar-refractivity contribution in [3.8, 4) is 0 Å². The predicted octanol–water partition coefficient (Wildman–Crippen LogP) is 2.71. The third-order valence-corrected chi connectivity index (χ3v) is 3.03. The van der Waals surface area contributed by atoms with Crippen molar-refractivity contribution in [2.75, 3.05) is 24.6 Å². The van der Waals surface area contributed by atoms with E-state index in [1.165, 1.54) is 29.2 Å². The van der Waals surface area contributed by atoms with Gasteiger partial charge in [0.25, 0.3) is 0 Å². The molecule has 1 aromatic carbocycles. The Labute approximate surface area is 95.5 Å². The molecule has 1 N–H and O–H groups in total. The summed E-state index contributed by atoms with van der Waals surface area (Å²) in [6, 6.07) is 6.72. The van der Waals surface area contributed by atoms with Gasteiger partial charge in [-0.1, -0.05) is 19.1 Å². The fourth-order valence-corrected chi connectivity index (χ4v) is 1.87. The highest BCUT2D eigenvalue weighted by atomic mass is 32.2. The number of hydrogen-bond donors (Lipinski definition) is 1. The van der Waals surface area contributed by atoms with Crippen molar-refractivity contribution >= 4 is 11.8 Å². The zero-order valence-electron chi connectivity index (χ0n) is 9.13. The Morgan fingerprint density at radius 2 is 1.93 bits per heavy atom. The van der Waals surface area contributed by atoms with Crippen molar-refractivity contribution in [2.24, 2.45) is 0 Å². The second-order valence-corrected chi connectivity index (χ2v) is 4.72. The molecule has 0 saturated heterocycles. The number of nitrogens with one attached hydrogen (secondary N) is 1. The third-order valence-electron chi connectivity index (χ3n) is 2.13. The normalized spacial score (nSPS) is 10.5. The van der Waals surface area contributed by atoms with E-state index in [1.807, 2.05) is 23.9 Å². The van der Waals surface area contributed by atoms with E-state index in [9.17, 15) is 4.39 Å². The van der Waals surface area contributed by atoms with Crippen molar-refractivity contribution in [3.63, 3.8) is 0 Å². The molecule has 0 fully saturated rings. The molecule has 0 radical (unpaired) electrons. The summed E-state index contributed by atoms with van der Waals surface area (Å²) in [4.78, 5) is 0. The lowest BCUT2D eigenvalue weighted by atomic mass is 10.1. The number of halogens is 1. The summed E-state index contributed by atoms with van der Waals surface area (Å²) in [5.74, 6) is 2.19. The topological polar surface area (TPSA) is 12.0 Å². The first-order chi connectivity index (χ1) is 7.33. The molecule has 0 spiro atoms. The van der Waals surface area contributed by atoms with Gasteiger partial charge in [-0.05, 0) is 36.4 Å². The Bertz CT molecular complexity index is 261. The molecule has 0 unspecified atom stereocenters. The van der Waals surface area contributed by atoms with Crippen molar-refractivity contribution in [2.45, 2.75) is 13.3 Å². The molecule has 0 aliphatic rings. The smallest absolute Gasteiger partial charge is 0.123 e. The lowest BCUT2D eigenvalue weighted by Crippen LogP contribution is -2.20. The van der Waals surface area contributed by atoms with Gasteiger partial charge in [0.1, 0.15) is 5.82 Å². The van der Waals surface area contributed by atoms with Crippen LogP contribution in [0, 0.1) is 5.82 Å². The van der Waals surface area contributed by atoms with Crippen molar-refractivity contribution in [1.82, 2.24) is 5.32 Å². The molecule has 0 saturated carbocycles. The molecule has 3 heteroatoms. The third kappa shape index (κ3) is 5.80. The average Bonchev–Trinajstić information content (AvgIpc) is 2.26. The Morgan fingerprint density at radius 1 is 1.20 bits per heavy atom. The van der Waals surface area contributed by atoms with Crippen LogP contribution in [0.4, 0.5) is 4.39 Å². The maximum atomic E-state index is 12.6. The highest BCUT2D eigenvalue weighted by Gasteiger charge is 1.93. The number of benzene rings is 1. The summed E-state index contributed by atoms with van der Waals surface area (Å²) >= 11 is 1.94. The van der Waals surface area contributed by atoms with E-state index in [2.05, 4.69) is 12.2 Å². The highest BCUT2D eigenvalue weighted by Crippen LogP contribution is 2.02. The van der Waals surface area contributed by atoms with Crippen LogP contribution < -0.4 is 5.32 Å². The van der Waals surface area contributed by atoms with Crippen LogP contribution in [0.5, 0.6) is 0 Å². The molecule has 0 aromatic heterocycles. The zero-order chi connectivity index (χ0) is 10.9. The van der Waals surface area contributed by atoms with Gasteiger partial charge in [-0.2, -0.15) is 11.8 Å². The van der Waals surface area contributed by atoms with E-state index >= 15 is 0 Å². The summed E-state index contributed by atoms with van der Waals surface area (Å²) in [6.45, 7) is 4.19. The molecule has 84 valence electrons. The fourth-order valence-electron chi connectivity index (χ4n) is 1.30. The average molecular weight is 227 g/mol. The molecule has 0 amide bonds. The van der Waals surface area contributed by atoms with E-state index in [0.29, 0.717) is 0 Å². The van der Waals surface area contributed by atoms with Crippen LogP contribution in [0.1, 0.15) is 12.5 Å². The summed E-state index contributed by atoms with van der Waals surface area (Å²) < 4.78 is 12.6. The molecular formula is C12H18FNS. The van der Waals surface area contributed by atoms with Crippen molar-refractivity contribution in [1.29, 1.82) is 0 Å². The van der Waals surface area contributed by atoms with E-state index in [0.717, 1.165) is 19.5 Å². The Balaban J connectivity index is 2.07. The van der Waals surface area contributed by atoms with Gasteiger partial charge in [0, 0.05) is 12.3 Å². The molecule has 15 heavy (non-hydrogen) atoms. The van der Waals surface area contributed by atoms with E-state index in [-0.39, 0.29) is 5.82 Å². The largest absolute Gasteiger partial charge is 0.316 e. The molecule has 0 aliphatic carbocycles. The maximum Gasteiger partial charge on any atom is 0.123 e. The van der Waals surface area contributed by atoms with Crippen LogP contribution in [0.25, 0.3) is 0 Å². The van der Waals surface area contributed by atoms with Crippen molar-refractivity contribution in [3.05, 3.63) is 35.6 Å². The summed E-state index contributed by atoms with van der Waals surface area (Å²) in [5.41, 5.74) is 1.19. The fraction of sp³-hybridized carbons (Fsp3) is 0.500. The number of hydrogen-bond acceptors (Lipinski definition) is 2. The number of rotatable bonds is 7.